The van der Waals surface area contributed by atoms with Crippen LogP contribution in [0.3, 0.4) is 0 Å². The van der Waals surface area contributed by atoms with Crippen molar-refractivity contribution >= 4 is 0 Å². The fourth-order valence-electron chi connectivity index (χ4n) is 1.58. The summed E-state index contributed by atoms with van der Waals surface area (Å²) in [7, 11) is 0. The third kappa shape index (κ3) is 1.54. The van der Waals surface area contributed by atoms with E-state index < -0.39 is 0 Å². The van der Waals surface area contributed by atoms with Crippen molar-refractivity contribution in [1.29, 1.82) is 0 Å². The van der Waals surface area contributed by atoms with Gasteiger partial charge in [-0.25, -0.2) is 0 Å². The second kappa shape index (κ2) is 3.86. The van der Waals surface area contributed by atoms with Crippen LogP contribution in [0.4, 0.5) is 0 Å². The molecule has 1 atom stereocenters. The molecule has 0 aliphatic carbocycles. The first kappa shape index (κ1) is 9.30. The van der Waals surface area contributed by atoms with E-state index in [0.29, 0.717) is 6.54 Å². The van der Waals surface area contributed by atoms with Crippen LogP contribution in [-0.4, -0.2) is 13.3 Å². The van der Waals surface area contributed by atoms with E-state index in [1.54, 1.807) is 0 Å². The van der Waals surface area contributed by atoms with Gasteiger partial charge in [-0.3, -0.25) is 0 Å². The largest absolute Gasteiger partial charge is 0.454 e. The molecule has 76 valence electrons. The van der Waals surface area contributed by atoms with Crippen LogP contribution >= 0.6 is 0 Å². The molecule has 14 heavy (non-hydrogen) atoms. The van der Waals surface area contributed by atoms with Gasteiger partial charge in [-0.15, -0.1) is 0 Å². The standard InChI is InChI=1S/C10H14N2O2/c11-5-4-8(12)7-2-1-3-9-10(7)14-6-13-9/h1-3,8H,4-6,11-12H2/t8-/m0/s1. The summed E-state index contributed by atoms with van der Waals surface area (Å²) in [5.74, 6) is 1.54. The van der Waals surface area contributed by atoms with Crippen molar-refractivity contribution in [3.63, 3.8) is 0 Å². The van der Waals surface area contributed by atoms with Gasteiger partial charge in [0, 0.05) is 11.6 Å². The average Bonchev–Trinajstić information content (AvgIpc) is 2.65. The van der Waals surface area contributed by atoms with E-state index >= 15 is 0 Å². The van der Waals surface area contributed by atoms with Gasteiger partial charge in [-0.05, 0) is 19.0 Å². The van der Waals surface area contributed by atoms with Crippen LogP contribution in [-0.2, 0) is 0 Å². The lowest BCUT2D eigenvalue weighted by Gasteiger charge is -2.12. The summed E-state index contributed by atoms with van der Waals surface area (Å²) in [6.07, 6.45) is 0.750. The molecule has 0 amide bonds. The topological polar surface area (TPSA) is 70.5 Å². The molecule has 2 rings (SSSR count). The molecular weight excluding hydrogens is 180 g/mol. The minimum absolute atomic E-state index is 0.0725. The van der Waals surface area contributed by atoms with E-state index in [9.17, 15) is 0 Å². The molecule has 4 N–H and O–H groups in total. The van der Waals surface area contributed by atoms with E-state index in [-0.39, 0.29) is 12.8 Å². The van der Waals surface area contributed by atoms with E-state index in [4.69, 9.17) is 20.9 Å². The van der Waals surface area contributed by atoms with Crippen molar-refractivity contribution in [3.05, 3.63) is 23.8 Å². The Morgan fingerprint density at radius 2 is 2.21 bits per heavy atom. The fraction of sp³-hybridized carbons (Fsp3) is 0.400. The van der Waals surface area contributed by atoms with Crippen LogP contribution in [0.1, 0.15) is 18.0 Å². The lowest BCUT2D eigenvalue weighted by Crippen LogP contribution is -2.15. The van der Waals surface area contributed by atoms with Gasteiger partial charge in [0.05, 0.1) is 0 Å². The first-order valence-corrected chi connectivity index (χ1v) is 4.67. The smallest absolute Gasteiger partial charge is 0.231 e. The van der Waals surface area contributed by atoms with Crippen LogP contribution in [0.25, 0.3) is 0 Å². The number of ether oxygens (including phenoxy) is 2. The molecule has 1 aromatic carbocycles. The maximum atomic E-state index is 5.96. The third-order valence-electron chi connectivity index (χ3n) is 2.30. The van der Waals surface area contributed by atoms with E-state index in [0.717, 1.165) is 23.5 Å². The molecule has 4 heteroatoms. The molecule has 1 aliphatic heterocycles. The van der Waals surface area contributed by atoms with Crippen LogP contribution in [0.2, 0.25) is 0 Å². The minimum atomic E-state index is -0.0725. The van der Waals surface area contributed by atoms with Gasteiger partial charge in [-0.2, -0.15) is 0 Å². The highest BCUT2D eigenvalue weighted by Crippen LogP contribution is 2.38. The number of para-hydroxylation sites is 1. The quantitative estimate of drug-likeness (QED) is 0.745. The molecule has 0 unspecified atom stereocenters. The van der Waals surface area contributed by atoms with Gasteiger partial charge >= 0.3 is 0 Å². The average molecular weight is 194 g/mol. The summed E-state index contributed by atoms with van der Waals surface area (Å²) >= 11 is 0. The number of fused-ring (bicyclic) bond motifs is 1. The SMILES string of the molecule is NCC[C@H](N)c1cccc2c1OCO2. The monoisotopic (exact) mass is 194 g/mol. The molecule has 0 radical (unpaired) electrons. The zero-order chi connectivity index (χ0) is 9.97. The molecule has 1 heterocycles. The predicted octanol–water partition coefficient (Wildman–Crippen LogP) is 0.764. The summed E-state index contributed by atoms with van der Waals surface area (Å²) in [5.41, 5.74) is 12.4. The number of rotatable bonds is 3. The van der Waals surface area contributed by atoms with Crippen LogP contribution in [0.5, 0.6) is 11.5 Å². The Labute approximate surface area is 82.8 Å². The molecule has 4 nitrogen and oxygen atoms in total. The van der Waals surface area contributed by atoms with Crippen molar-refractivity contribution in [2.45, 2.75) is 12.5 Å². The zero-order valence-electron chi connectivity index (χ0n) is 7.90. The Morgan fingerprint density at radius 3 is 3.00 bits per heavy atom. The summed E-state index contributed by atoms with van der Waals surface area (Å²) in [6.45, 7) is 0.855. The first-order valence-electron chi connectivity index (χ1n) is 4.67. The van der Waals surface area contributed by atoms with Gasteiger partial charge in [0.15, 0.2) is 11.5 Å². The van der Waals surface area contributed by atoms with E-state index in [1.807, 2.05) is 18.2 Å². The van der Waals surface area contributed by atoms with Crippen molar-refractivity contribution < 1.29 is 9.47 Å². The second-order valence-electron chi connectivity index (χ2n) is 3.26. The molecule has 0 saturated heterocycles. The van der Waals surface area contributed by atoms with Crippen molar-refractivity contribution in [1.82, 2.24) is 0 Å². The Bertz CT molecular complexity index is 328. The summed E-state index contributed by atoms with van der Waals surface area (Å²) in [4.78, 5) is 0. The predicted molar refractivity (Wildman–Crippen MR) is 53.2 cm³/mol. The van der Waals surface area contributed by atoms with Crippen molar-refractivity contribution in [3.8, 4) is 11.5 Å². The lowest BCUT2D eigenvalue weighted by molar-refractivity contribution is 0.173. The van der Waals surface area contributed by atoms with Crippen LogP contribution in [0.15, 0.2) is 18.2 Å². The third-order valence-corrected chi connectivity index (χ3v) is 2.30. The van der Waals surface area contributed by atoms with Crippen LogP contribution in [0, 0.1) is 0 Å². The number of benzene rings is 1. The lowest BCUT2D eigenvalue weighted by atomic mass is 10.0. The molecule has 1 aliphatic rings. The molecule has 0 spiro atoms. The summed E-state index contributed by atoms with van der Waals surface area (Å²) in [6, 6.07) is 5.67. The van der Waals surface area contributed by atoms with Crippen LogP contribution < -0.4 is 20.9 Å². The fourth-order valence-corrected chi connectivity index (χ4v) is 1.58. The van der Waals surface area contributed by atoms with Gasteiger partial charge in [-0.1, -0.05) is 12.1 Å². The van der Waals surface area contributed by atoms with Crippen molar-refractivity contribution in [2.75, 3.05) is 13.3 Å². The Hall–Kier alpha value is -1.26. The molecule has 0 aromatic heterocycles. The summed E-state index contributed by atoms with van der Waals surface area (Å²) < 4.78 is 10.6. The highest BCUT2D eigenvalue weighted by atomic mass is 16.7. The molecule has 0 saturated carbocycles. The van der Waals surface area contributed by atoms with E-state index in [2.05, 4.69) is 0 Å². The van der Waals surface area contributed by atoms with Gasteiger partial charge < -0.3 is 20.9 Å². The maximum absolute atomic E-state index is 5.96. The molecule has 0 fully saturated rings. The van der Waals surface area contributed by atoms with Gasteiger partial charge in [0.25, 0.3) is 0 Å². The second-order valence-corrected chi connectivity index (χ2v) is 3.26. The Kier molecular flexibility index (Phi) is 2.56. The number of hydrogen-bond donors (Lipinski definition) is 2. The van der Waals surface area contributed by atoms with E-state index in [1.165, 1.54) is 0 Å². The molecular formula is C10H14N2O2. The summed E-state index contributed by atoms with van der Waals surface area (Å²) in [5, 5.41) is 0. The minimum Gasteiger partial charge on any atom is -0.454 e. The highest BCUT2D eigenvalue weighted by molar-refractivity contribution is 5.49. The molecule has 1 aromatic rings. The number of hydrogen-bond acceptors (Lipinski definition) is 4. The van der Waals surface area contributed by atoms with Gasteiger partial charge in [0.2, 0.25) is 6.79 Å². The van der Waals surface area contributed by atoms with Gasteiger partial charge in [0.1, 0.15) is 0 Å². The molecule has 0 bridgehead atoms. The van der Waals surface area contributed by atoms with Crippen molar-refractivity contribution in [2.24, 2.45) is 11.5 Å². The maximum Gasteiger partial charge on any atom is 0.231 e. The number of nitrogens with two attached hydrogens (primary N) is 2. The Balaban J connectivity index is 2.29. The highest BCUT2D eigenvalue weighted by Gasteiger charge is 2.20. The normalized spacial score (nSPS) is 15.6. The first-order chi connectivity index (χ1) is 6.83. The zero-order valence-corrected chi connectivity index (χ0v) is 7.90. The Morgan fingerprint density at radius 1 is 1.36 bits per heavy atom.